The van der Waals surface area contributed by atoms with E-state index in [2.05, 4.69) is 10.3 Å². The third-order valence-electron chi connectivity index (χ3n) is 1.22. The van der Waals surface area contributed by atoms with E-state index in [-0.39, 0.29) is 5.69 Å². The van der Waals surface area contributed by atoms with E-state index in [1.807, 2.05) is 13.0 Å². The molecular formula is C6H7ClN4. The van der Waals surface area contributed by atoms with Gasteiger partial charge in [0.25, 0.3) is 0 Å². The van der Waals surface area contributed by atoms with Gasteiger partial charge >= 0.3 is 0 Å². The number of rotatable bonds is 2. The van der Waals surface area contributed by atoms with Crippen molar-refractivity contribution in [2.24, 2.45) is 0 Å². The van der Waals surface area contributed by atoms with Gasteiger partial charge in [-0.05, 0) is 6.42 Å². The fraction of sp³-hybridized carbons (Fsp3) is 0.500. The SMILES string of the molecule is CCCn1nnc(C#N)c1Cl. The van der Waals surface area contributed by atoms with E-state index in [1.54, 1.807) is 0 Å². The zero-order chi connectivity index (χ0) is 8.27. The van der Waals surface area contributed by atoms with Gasteiger partial charge in [0.1, 0.15) is 6.07 Å². The fourth-order valence-electron chi connectivity index (χ4n) is 0.725. The maximum Gasteiger partial charge on any atom is 0.201 e. The third-order valence-corrected chi connectivity index (χ3v) is 1.59. The van der Waals surface area contributed by atoms with E-state index in [4.69, 9.17) is 16.9 Å². The van der Waals surface area contributed by atoms with Gasteiger partial charge in [0, 0.05) is 6.54 Å². The molecule has 0 N–H and O–H groups in total. The number of aryl methyl sites for hydroxylation is 1. The van der Waals surface area contributed by atoms with E-state index in [1.165, 1.54) is 4.68 Å². The Balaban J connectivity index is 2.93. The van der Waals surface area contributed by atoms with Crippen LogP contribution in [0.1, 0.15) is 19.0 Å². The summed E-state index contributed by atoms with van der Waals surface area (Å²) >= 11 is 5.72. The Morgan fingerprint density at radius 1 is 1.73 bits per heavy atom. The first-order valence-electron chi connectivity index (χ1n) is 3.28. The molecule has 5 heteroatoms. The molecule has 1 rings (SSSR count). The van der Waals surface area contributed by atoms with Gasteiger partial charge in [-0.15, -0.1) is 5.10 Å². The summed E-state index contributed by atoms with van der Waals surface area (Å²) in [5.74, 6) is 0. The molecule has 1 heterocycles. The van der Waals surface area contributed by atoms with Gasteiger partial charge in [-0.1, -0.05) is 23.7 Å². The van der Waals surface area contributed by atoms with E-state index >= 15 is 0 Å². The minimum Gasteiger partial charge on any atom is -0.232 e. The first-order valence-corrected chi connectivity index (χ1v) is 3.66. The average molecular weight is 171 g/mol. The van der Waals surface area contributed by atoms with Crippen LogP contribution in [-0.4, -0.2) is 15.0 Å². The predicted octanol–water partition coefficient (Wildman–Crippen LogP) is 1.21. The van der Waals surface area contributed by atoms with Gasteiger partial charge in [-0.25, -0.2) is 4.68 Å². The summed E-state index contributed by atoms with van der Waals surface area (Å²) in [6, 6.07) is 1.85. The van der Waals surface area contributed by atoms with Gasteiger partial charge in [0.15, 0.2) is 5.15 Å². The maximum absolute atomic E-state index is 8.45. The molecule has 0 aliphatic heterocycles. The lowest BCUT2D eigenvalue weighted by molar-refractivity contribution is 0.579. The second kappa shape index (κ2) is 3.35. The van der Waals surface area contributed by atoms with Crippen molar-refractivity contribution < 1.29 is 0 Å². The monoisotopic (exact) mass is 170 g/mol. The molecule has 0 fully saturated rings. The first-order chi connectivity index (χ1) is 5.29. The van der Waals surface area contributed by atoms with Crippen LogP contribution in [0.3, 0.4) is 0 Å². The molecule has 0 unspecified atom stereocenters. The van der Waals surface area contributed by atoms with Crippen molar-refractivity contribution in [3.05, 3.63) is 10.8 Å². The van der Waals surface area contributed by atoms with E-state index in [9.17, 15) is 0 Å². The number of halogens is 1. The Morgan fingerprint density at radius 2 is 2.45 bits per heavy atom. The number of hydrogen-bond acceptors (Lipinski definition) is 3. The summed E-state index contributed by atoms with van der Waals surface area (Å²) in [4.78, 5) is 0. The van der Waals surface area contributed by atoms with Crippen LogP contribution in [0.15, 0.2) is 0 Å². The lowest BCUT2D eigenvalue weighted by Crippen LogP contribution is -1.98. The molecule has 4 nitrogen and oxygen atoms in total. The van der Waals surface area contributed by atoms with Crippen LogP contribution < -0.4 is 0 Å². The van der Waals surface area contributed by atoms with Crippen molar-refractivity contribution in [1.82, 2.24) is 15.0 Å². The van der Waals surface area contributed by atoms with Crippen molar-refractivity contribution in [3.8, 4) is 6.07 Å². The minimum absolute atomic E-state index is 0.195. The average Bonchev–Trinajstić information content (AvgIpc) is 2.34. The van der Waals surface area contributed by atoms with Crippen molar-refractivity contribution >= 4 is 11.6 Å². The van der Waals surface area contributed by atoms with Crippen molar-refractivity contribution in [2.75, 3.05) is 0 Å². The minimum atomic E-state index is 0.195. The topological polar surface area (TPSA) is 54.5 Å². The quantitative estimate of drug-likeness (QED) is 0.671. The molecule has 0 atom stereocenters. The second-order valence-electron chi connectivity index (χ2n) is 2.06. The molecule has 0 saturated carbocycles. The molecule has 11 heavy (non-hydrogen) atoms. The summed E-state index contributed by atoms with van der Waals surface area (Å²) in [7, 11) is 0. The van der Waals surface area contributed by atoms with Crippen LogP contribution in [0.5, 0.6) is 0 Å². The zero-order valence-corrected chi connectivity index (χ0v) is 6.84. The highest BCUT2D eigenvalue weighted by Gasteiger charge is 2.07. The fourth-order valence-corrected chi connectivity index (χ4v) is 0.923. The highest BCUT2D eigenvalue weighted by Crippen LogP contribution is 2.11. The van der Waals surface area contributed by atoms with Crippen molar-refractivity contribution in [1.29, 1.82) is 5.26 Å². The van der Waals surface area contributed by atoms with Crippen molar-refractivity contribution in [2.45, 2.75) is 19.9 Å². The molecule has 1 aromatic rings. The number of nitrogens with zero attached hydrogens (tertiary/aromatic N) is 4. The number of nitriles is 1. The molecule has 0 aliphatic carbocycles. The maximum atomic E-state index is 8.45. The first kappa shape index (κ1) is 8.02. The van der Waals surface area contributed by atoms with Gasteiger partial charge in [0.2, 0.25) is 5.69 Å². The summed E-state index contributed by atoms with van der Waals surface area (Å²) in [6.45, 7) is 2.71. The van der Waals surface area contributed by atoms with E-state index in [0.717, 1.165) is 6.42 Å². The Labute approximate surface area is 69.4 Å². The standard InChI is InChI=1S/C6H7ClN4/c1-2-3-11-6(7)5(4-8)9-10-11/h2-3H2,1H3. The molecular weight excluding hydrogens is 164 g/mol. The van der Waals surface area contributed by atoms with Gasteiger partial charge < -0.3 is 0 Å². The van der Waals surface area contributed by atoms with Gasteiger partial charge in [-0.2, -0.15) is 5.26 Å². The Bertz CT molecular complexity index is 285. The Kier molecular flexibility index (Phi) is 2.44. The molecule has 0 spiro atoms. The molecule has 0 bridgehead atoms. The van der Waals surface area contributed by atoms with Crippen LogP contribution in [0.25, 0.3) is 0 Å². The number of hydrogen-bond donors (Lipinski definition) is 0. The van der Waals surface area contributed by atoms with E-state index < -0.39 is 0 Å². The van der Waals surface area contributed by atoms with Gasteiger partial charge in [-0.3, -0.25) is 0 Å². The van der Waals surface area contributed by atoms with Crippen LogP contribution in [0.2, 0.25) is 5.15 Å². The highest BCUT2D eigenvalue weighted by atomic mass is 35.5. The van der Waals surface area contributed by atoms with E-state index in [0.29, 0.717) is 11.7 Å². The molecule has 0 aliphatic rings. The second-order valence-corrected chi connectivity index (χ2v) is 2.42. The predicted molar refractivity (Wildman–Crippen MR) is 40.0 cm³/mol. The molecule has 58 valence electrons. The number of aromatic nitrogens is 3. The largest absolute Gasteiger partial charge is 0.232 e. The Morgan fingerprint density at radius 3 is 2.91 bits per heavy atom. The molecule has 0 amide bonds. The zero-order valence-electron chi connectivity index (χ0n) is 6.08. The smallest absolute Gasteiger partial charge is 0.201 e. The highest BCUT2D eigenvalue weighted by molar-refractivity contribution is 6.30. The van der Waals surface area contributed by atoms with Crippen LogP contribution in [0, 0.1) is 11.3 Å². The summed E-state index contributed by atoms with van der Waals surface area (Å²) in [5.41, 5.74) is 0.195. The van der Waals surface area contributed by atoms with Crippen LogP contribution in [0.4, 0.5) is 0 Å². The normalized spacial score (nSPS) is 9.55. The molecule has 0 aromatic carbocycles. The summed E-state index contributed by atoms with van der Waals surface area (Å²) in [5, 5.41) is 16.0. The Hall–Kier alpha value is -1.08. The van der Waals surface area contributed by atoms with Gasteiger partial charge in [0.05, 0.1) is 0 Å². The lowest BCUT2D eigenvalue weighted by atomic mass is 10.5. The third kappa shape index (κ3) is 1.49. The van der Waals surface area contributed by atoms with Crippen LogP contribution >= 0.6 is 11.6 Å². The summed E-state index contributed by atoms with van der Waals surface area (Å²) < 4.78 is 1.51. The lowest BCUT2D eigenvalue weighted by Gasteiger charge is -1.95. The molecule has 1 aromatic heterocycles. The summed E-state index contributed by atoms with van der Waals surface area (Å²) in [6.07, 6.45) is 0.925. The molecule has 0 saturated heterocycles. The van der Waals surface area contributed by atoms with Crippen molar-refractivity contribution in [3.63, 3.8) is 0 Å². The van der Waals surface area contributed by atoms with Crippen LogP contribution in [-0.2, 0) is 6.54 Å². The molecule has 0 radical (unpaired) electrons.